The van der Waals surface area contributed by atoms with Crippen molar-refractivity contribution >= 4 is 17.6 Å². The summed E-state index contributed by atoms with van der Waals surface area (Å²) in [6.07, 6.45) is 1.00. The van der Waals surface area contributed by atoms with E-state index in [-0.39, 0.29) is 0 Å². The summed E-state index contributed by atoms with van der Waals surface area (Å²) in [6.45, 7) is 12.7. The number of benzene rings is 1. The predicted molar refractivity (Wildman–Crippen MR) is 87.7 cm³/mol. The van der Waals surface area contributed by atoms with Crippen LogP contribution in [-0.2, 0) is 0 Å². The Morgan fingerprint density at radius 2 is 2.00 bits per heavy atom. The van der Waals surface area contributed by atoms with Gasteiger partial charge in [-0.1, -0.05) is 31.7 Å². The Hall–Kier alpha value is -1.35. The number of rotatable bonds is 6. The first-order valence-corrected chi connectivity index (χ1v) is 7.38. The van der Waals surface area contributed by atoms with Crippen molar-refractivity contribution in [2.24, 2.45) is 0 Å². The van der Waals surface area contributed by atoms with Crippen molar-refractivity contribution in [3.63, 3.8) is 0 Å². The van der Waals surface area contributed by atoms with E-state index in [1.807, 2.05) is 7.05 Å². The van der Waals surface area contributed by atoms with Crippen molar-refractivity contribution in [1.29, 1.82) is 0 Å². The van der Waals surface area contributed by atoms with E-state index in [2.05, 4.69) is 62.5 Å². The van der Waals surface area contributed by atoms with Crippen LogP contribution in [0.25, 0.3) is 5.70 Å². The molecule has 1 aromatic carbocycles. The Labute approximate surface area is 121 Å². The molecule has 3 heteroatoms. The molecule has 0 spiro atoms. The Morgan fingerprint density at radius 3 is 2.58 bits per heavy atom. The highest BCUT2D eigenvalue weighted by Gasteiger charge is 2.06. The number of hydrogen-bond acceptors (Lipinski definition) is 3. The van der Waals surface area contributed by atoms with Gasteiger partial charge in [-0.25, -0.2) is 0 Å². The van der Waals surface area contributed by atoms with Crippen molar-refractivity contribution < 1.29 is 0 Å². The molecule has 2 N–H and O–H groups in total. The van der Waals surface area contributed by atoms with Gasteiger partial charge in [0.05, 0.1) is 0 Å². The van der Waals surface area contributed by atoms with Crippen molar-refractivity contribution in [2.45, 2.75) is 34.1 Å². The molecular formula is C16H24N2S. The van der Waals surface area contributed by atoms with Gasteiger partial charge in [0, 0.05) is 28.9 Å². The number of nitrogens with one attached hydrogen (secondary N) is 2. The van der Waals surface area contributed by atoms with E-state index in [0.29, 0.717) is 0 Å². The van der Waals surface area contributed by atoms with Gasteiger partial charge in [-0.3, -0.25) is 0 Å². The predicted octanol–water partition coefficient (Wildman–Crippen LogP) is 4.37. The van der Waals surface area contributed by atoms with Gasteiger partial charge in [0.25, 0.3) is 0 Å². The molecule has 0 aliphatic rings. The molecule has 0 aliphatic heterocycles. The maximum Gasteiger partial charge on any atom is 0.0446 e. The van der Waals surface area contributed by atoms with Crippen LogP contribution >= 0.6 is 11.9 Å². The quantitative estimate of drug-likeness (QED) is 0.754. The van der Waals surface area contributed by atoms with Crippen LogP contribution in [0.5, 0.6) is 0 Å². The average molecular weight is 276 g/mol. The largest absolute Gasteiger partial charge is 0.391 e. The monoisotopic (exact) mass is 276 g/mol. The van der Waals surface area contributed by atoms with E-state index in [1.165, 1.54) is 27.3 Å². The smallest absolute Gasteiger partial charge is 0.0446 e. The molecular weight excluding hydrogens is 252 g/mol. The molecule has 1 rings (SSSR count). The van der Waals surface area contributed by atoms with E-state index < -0.39 is 0 Å². The Kier molecular flexibility index (Phi) is 6.03. The average Bonchev–Trinajstić information content (AvgIpc) is 2.41. The van der Waals surface area contributed by atoms with Crippen molar-refractivity contribution in [3.05, 3.63) is 52.1 Å². The molecule has 0 radical (unpaired) electrons. The maximum absolute atomic E-state index is 4.14. The zero-order valence-corrected chi connectivity index (χ0v) is 13.4. The second-order valence-corrected chi connectivity index (χ2v) is 5.48. The van der Waals surface area contributed by atoms with Crippen LogP contribution in [0.3, 0.4) is 0 Å². The second-order valence-electron chi connectivity index (χ2n) is 4.58. The summed E-state index contributed by atoms with van der Waals surface area (Å²) in [6, 6.07) is 6.31. The number of allylic oxidation sites excluding steroid dienone is 2. The highest BCUT2D eigenvalue weighted by molar-refractivity contribution is 8.01. The lowest BCUT2D eigenvalue weighted by Crippen LogP contribution is -2.08. The van der Waals surface area contributed by atoms with Gasteiger partial charge in [0.15, 0.2) is 0 Å². The van der Waals surface area contributed by atoms with E-state index in [0.717, 1.165) is 12.1 Å². The highest BCUT2D eigenvalue weighted by Crippen LogP contribution is 2.24. The van der Waals surface area contributed by atoms with Crippen LogP contribution in [0.1, 0.15) is 37.0 Å². The molecule has 2 nitrogen and oxygen atoms in total. The fourth-order valence-electron chi connectivity index (χ4n) is 1.81. The van der Waals surface area contributed by atoms with Gasteiger partial charge in [0.2, 0.25) is 0 Å². The summed E-state index contributed by atoms with van der Waals surface area (Å²) in [4.78, 5) is 1.30. The second kappa shape index (κ2) is 7.29. The summed E-state index contributed by atoms with van der Waals surface area (Å²) < 4.78 is 3.36. The van der Waals surface area contributed by atoms with Crippen LogP contribution < -0.4 is 10.0 Å². The van der Waals surface area contributed by atoms with E-state index >= 15 is 0 Å². The molecule has 104 valence electrons. The fraction of sp³-hybridized carbons (Fsp3) is 0.375. The lowest BCUT2D eigenvalue weighted by atomic mass is 10.0. The first-order chi connectivity index (χ1) is 9.01. The van der Waals surface area contributed by atoms with Gasteiger partial charge in [-0.2, -0.15) is 0 Å². The summed E-state index contributed by atoms with van der Waals surface area (Å²) in [5, 5.41) is 3.19. The minimum atomic E-state index is 0.959. The van der Waals surface area contributed by atoms with Crippen LogP contribution in [0.2, 0.25) is 0 Å². The third-order valence-electron chi connectivity index (χ3n) is 3.34. The molecule has 0 atom stereocenters. The Morgan fingerprint density at radius 1 is 1.32 bits per heavy atom. The van der Waals surface area contributed by atoms with Crippen LogP contribution in [0, 0.1) is 13.8 Å². The molecule has 0 bridgehead atoms. The van der Waals surface area contributed by atoms with Crippen molar-refractivity contribution in [2.75, 3.05) is 7.05 Å². The summed E-state index contributed by atoms with van der Waals surface area (Å²) >= 11 is 1.64. The number of hydrogen-bond donors (Lipinski definition) is 2. The van der Waals surface area contributed by atoms with Crippen LogP contribution in [0.4, 0.5) is 0 Å². The van der Waals surface area contributed by atoms with E-state index in [4.69, 9.17) is 0 Å². The van der Waals surface area contributed by atoms with Crippen LogP contribution in [0.15, 0.2) is 35.4 Å². The molecule has 0 amide bonds. The maximum atomic E-state index is 4.14. The summed E-state index contributed by atoms with van der Waals surface area (Å²) in [5.41, 5.74) is 5.93. The Balaban J connectivity index is 2.79. The zero-order chi connectivity index (χ0) is 14.4. The summed E-state index contributed by atoms with van der Waals surface area (Å²) in [7, 11) is 1.95. The number of aryl methyl sites for hydroxylation is 1. The lowest BCUT2D eigenvalue weighted by Gasteiger charge is -2.15. The highest BCUT2D eigenvalue weighted by atomic mass is 32.2. The first-order valence-electron chi connectivity index (χ1n) is 6.57. The zero-order valence-electron chi connectivity index (χ0n) is 12.6. The molecule has 0 saturated heterocycles. The lowest BCUT2D eigenvalue weighted by molar-refractivity contribution is 0.957. The van der Waals surface area contributed by atoms with Gasteiger partial charge in [-0.15, -0.1) is 0 Å². The minimum absolute atomic E-state index is 0.959. The standard InChI is InChI=1S/C16H24N2S/c1-7-16(14(5)17-6)19-18-13(4)15-10-8-9-11(2)12(15)3/h8-10,17-18H,4,7H2,1-3,5-6H3/b16-14-. The van der Waals surface area contributed by atoms with Gasteiger partial charge >= 0.3 is 0 Å². The summed E-state index contributed by atoms with van der Waals surface area (Å²) in [5.74, 6) is 0. The van der Waals surface area contributed by atoms with Gasteiger partial charge < -0.3 is 10.0 Å². The van der Waals surface area contributed by atoms with Crippen molar-refractivity contribution in [3.8, 4) is 0 Å². The molecule has 0 unspecified atom stereocenters. The Bertz CT molecular complexity index is 490. The molecule has 0 heterocycles. The fourth-order valence-corrected chi connectivity index (χ4v) is 2.57. The van der Waals surface area contributed by atoms with Crippen LogP contribution in [-0.4, -0.2) is 7.05 Å². The first kappa shape index (κ1) is 15.7. The molecule has 0 saturated carbocycles. The minimum Gasteiger partial charge on any atom is -0.391 e. The SMILES string of the molecule is C=C(NS/C(CC)=C(/C)NC)c1cccc(C)c1C. The topological polar surface area (TPSA) is 24.1 Å². The third kappa shape index (κ3) is 4.06. The molecule has 0 aliphatic carbocycles. The molecule has 0 fully saturated rings. The van der Waals surface area contributed by atoms with E-state index in [9.17, 15) is 0 Å². The molecule has 19 heavy (non-hydrogen) atoms. The third-order valence-corrected chi connectivity index (χ3v) is 4.53. The molecule has 0 aromatic heterocycles. The van der Waals surface area contributed by atoms with Gasteiger partial charge in [-0.05, 0) is 50.3 Å². The molecule has 1 aromatic rings. The normalized spacial score (nSPS) is 11.8. The van der Waals surface area contributed by atoms with Gasteiger partial charge in [0.1, 0.15) is 0 Å². The van der Waals surface area contributed by atoms with Crippen molar-refractivity contribution in [1.82, 2.24) is 10.0 Å². The van der Waals surface area contributed by atoms with E-state index in [1.54, 1.807) is 11.9 Å².